The van der Waals surface area contributed by atoms with Crippen LogP contribution in [0.2, 0.25) is 0 Å². The normalized spacial score (nSPS) is 10.8. The largest absolute Gasteiger partial charge is 0.486 e. The van der Waals surface area contributed by atoms with Crippen LogP contribution in [-0.4, -0.2) is 20.2 Å². The van der Waals surface area contributed by atoms with E-state index in [2.05, 4.69) is 20.2 Å². The number of aryl methyl sites for hydroxylation is 1. The second-order valence-electron chi connectivity index (χ2n) is 4.47. The number of benzene rings is 1. The minimum absolute atomic E-state index is 0.275. The summed E-state index contributed by atoms with van der Waals surface area (Å²) in [5.41, 5.74) is 0.968. The standard InChI is InChI=1S/C14H13FN4OS2/c1-9-16-14(19-18-9)22-8-11-7-21-13(17-11)6-20-12-4-2-10(15)3-5-12/h2-5,7H,6,8H2,1H3,(H,16,18,19). The van der Waals surface area contributed by atoms with Crippen molar-refractivity contribution in [2.45, 2.75) is 24.4 Å². The van der Waals surface area contributed by atoms with Crippen molar-refractivity contribution < 1.29 is 9.13 Å². The molecule has 0 aliphatic heterocycles. The van der Waals surface area contributed by atoms with Crippen LogP contribution in [0.3, 0.4) is 0 Å². The van der Waals surface area contributed by atoms with E-state index < -0.39 is 0 Å². The van der Waals surface area contributed by atoms with Gasteiger partial charge >= 0.3 is 0 Å². The zero-order chi connectivity index (χ0) is 15.4. The third-order valence-corrected chi connectivity index (χ3v) is 4.45. The molecule has 5 nitrogen and oxygen atoms in total. The number of H-pyrrole nitrogens is 1. The monoisotopic (exact) mass is 336 g/mol. The van der Waals surface area contributed by atoms with Gasteiger partial charge in [0.15, 0.2) is 0 Å². The van der Waals surface area contributed by atoms with Crippen molar-refractivity contribution in [1.82, 2.24) is 20.2 Å². The number of aromatic nitrogens is 4. The zero-order valence-electron chi connectivity index (χ0n) is 11.7. The van der Waals surface area contributed by atoms with E-state index in [1.165, 1.54) is 23.9 Å². The lowest BCUT2D eigenvalue weighted by Crippen LogP contribution is -1.95. The Labute approximate surface area is 135 Å². The molecule has 0 unspecified atom stereocenters. The van der Waals surface area contributed by atoms with Gasteiger partial charge in [0.25, 0.3) is 0 Å². The molecule has 0 atom stereocenters. The van der Waals surface area contributed by atoms with E-state index in [9.17, 15) is 4.39 Å². The summed E-state index contributed by atoms with van der Waals surface area (Å²) < 4.78 is 18.4. The molecule has 0 aliphatic carbocycles. The molecule has 2 heterocycles. The van der Waals surface area contributed by atoms with Crippen LogP contribution < -0.4 is 4.74 Å². The fourth-order valence-corrected chi connectivity index (χ4v) is 3.23. The summed E-state index contributed by atoms with van der Waals surface area (Å²) >= 11 is 3.07. The minimum atomic E-state index is -0.275. The first-order chi connectivity index (χ1) is 10.7. The van der Waals surface area contributed by atoms with Crippen LogP contribution in [0.15, 0.2) is 34.8 Å². The molecule has 3 aromatic rings. The highest BCUT2D eigenvalue weighted by Crippen LogP contribution is 2.21. The lowest BCUT2D eigenvalue weighted by atomic mass is 10.3. The first-order valence-corrected chi connectivity index (χ1v) is 8.39. The predicted octanol–water partition coefficient (Wildman–Crippen LogP) is 3.58. The van der Waals surface area contributed by atoms with Gasteiger partial charge in [-0.05, 0) is 31.2 Å². The van der Waals surface area contributed by atoms with E-state index in [1.54, 1.807) is 23.5 Å². The van der Waals surface area contributed by atoms with E-state index in [0.717, 1.165) is 21.7 Å². The van der Waals surface area contributed by atoms with Gasteiger partial charge in [0.05, 0.1) is 5.69 Å². The SMILES string of the molecule is Cc1nc(SCc2csc(COc3ccc(F)cc3)n2)n[nH]1. The number of thiazole rings is 1. The molecule has 3 rings (SSSR count). The number of nitrogens with one attached hydrogen (secondary N) is 1. The van der Waals surface area contributed by atoms with E-state index >= 15 is 0 Å². The Bertz CT molecular complexity index is 741. The second kappa shape index (κ2) is 6.89. The summed E-state index contributed by atoms with van der Waals surface area (Å²) in [5.74, 6) is 1.87. The van der Waals surface area contributed by atoms with Crippen LogP contribution in [0, 0.1) is 12.7 Å². The second-order valence-corrected chi connectivity index (χ2v) is 6.35. The summed E-state index contributed by atoms with van der Waals surface area (Å²) in [6.07, 6.45) is 0. The Morgan fingerprint density at radius 2 is 2.09 bits per heavy atom. The summed E-state index contributed by atoms with van der Waals surface area (Å²) in [5, 5.41) is 10.5. The number of thioether (sulfide) groups is 1. The summed E-state index contributed by atoms with van der Waals surface area (Å²) in [6, 6.07) is 5.95. The molecule has 0 amide bonds. The van der Waals surface area contributed by atoms with Gasteiger partial charge in [-0.3, -0.25) is 5.10 Å². The first kappa shape index (κ1) is 15.0. The molecule has 0 spiro atoms. The molecule has 1 aromatic carbocycles. The zero-order valence-corrected chi connectivity index (χ0v) is 13.4. The Morgan fingerprint density at radius 1 is 1.27 bits per heavy atom. The lowest BCUT2D eigenvalue weighted by Gasteiger charge is -2.03. The van der Waals surface area contributed by atoms with Crippen molar-refractivity contribution in [3.63, 3.8) is 0 Å². The van der Waals surface area contributed by atoms with Crippen molar-refractivity contribution in [2.75, 3.05) is 0 Å². The topological polar surface area (TPSA) is 63.7 Å². The number of aromatic amines is 1. The minimum Gasteiger partial charge on any atom is -0.486 e. The molecule has 8 heteroatoms. The third-order valence-electron chi connectivity index (χ3n) is 2.70. The van der Waals surface area contributed by atoms with Gasteiger partial charge in [-0.2, -0.15) is 0 Å². The number of halogens is 1. The number of ether oxygens (including phenoxy) is 1. The molecule has 0 saturated carbocycles. The summed E-state index contributed by atoms with van der Waals surface area (Å²) in [6.45, 7) is 2.24. The van der Waals surface area contributed by atoms with Crippen LogP contribution in [0.4, 0.5) is 4.39 Å². The molecule has 2 aromatic heterocycles. The fourth-order valence-electron chi connectivity index (χ4n) is 1.68. The molecular weight excluding hydrogens is 323 g/mol. The van der Waals surface area contributed by atoms with Crippen LogP contribution in [0.5, 0.6) is 5.75 Å². The molecule has 1 N–H and O–H groups in total. The van der Waals surface area contributed by atoms with Gasteiger partial charge < -0.3 is 4.74 Å². The van der Waals surface area contributed by atoms with Crippen molar-refractivity contribution in [3.05, 3.63) is 52.0 Å². The van der Waals surface area contributed by atoms with Crippen LogP contribution in [0.1, 0.15) is 16.5 Å². The Morgan fingerprint density at radius 3 is 2.82 bits per heavy atom. The van der Waals surface area contributed by atoms with Crippen molar-refractivity contribution in [1.29, 1.82) is 0 Å². The van der Waals surface area contributed by atoms with E-state index in [1.807, 2.05) is 12.3 Å². The number of rotatable bonds is 6. The average molecular weight is 336 g/mol. The smallest absolute Gasteiger partial charge is 0.208 e. The Balaban J connectivity index is 1.51. The number of hydrogen-bond donors (Lipinski definition) is 1. The van der Waals surface area contributed by atoms with Crippen molar-refractivity contribution in [2.24, 2.45) is 0 Å². The fraction of sp³-hybridized carbons (Fsp3) is 0.214. The maximum Gasteiger partial charge on any atom is 0.208 e. The molecule has 22 heavy (non-hydrogen) atoms. The number of nitrogens with zero attached hydrogens (tertiary/aromatic N) is 3. The van der Waals surface area contributed by atoms with Gasteiger partial charge in [-0.15, -0.1) is 16.4 Å². The molecule has 114 valence electrons. The van der Waals surface area contributed by atoms with Gasteiger partial charge in [0.2, 0.25) is 5.16 Å². The quantitative estimate of drug-likeness (QED) is 0.697. The molecule has 0 saturated heterocycles. The van der Waals surface area contributed by atoms with Crippen LogP contribution in [-0.2, 0) is 12.4 Å². The maximum absolute atomic E-state index is 12.8. The molecular formula is C14H13FN4OS2. The average Bonchev–Trinajstić information content (AvgIpc) is 3.13. The van der Waals surface area contributed by atoms with Gasteiger partial charge in [-0.25, -0.2) is 14.4 Å². The Kier molecular flexibility index (Phi) is 4.69. The van der Waals surface area contributed by atoms with Gasteiger partial charge in [0.1, 0.15) is 29.0 Å². The van der Waals surface area contributed by atoms with E-state index in [0.29, 0.717) is 18.1 Å². The number of hydrogen-bond acceptors (Lipinski definition) is 6. The van der Waals surface area contributed by atoms with E-state index in [4.69, 9.17) is 4.74 Å². The predicted molar refractivity (Wildman–Crippen MR) is 83.5 cm³/mol. The first-order valence-electron chi connectivity index (χ1n) is 6.52. The van der Waals surface area contributed by atoms with E-state index in [-0.39, 0.29) is 5.82 Å². The highest BCUT2D eigenvalue weighted by Gasteiger charge is 2.06. The maximum atomic E-state index is 12.8. The summed E-state index contributed by atoms with van der Waals surface area (Å²) in [4.78, 5) is 8.73. The van der Waals surface area contributed by atoms with Gasteiger partial charge in [0, 0.05) is 11.1 Å². The molecule has 0 radical (unpaired) electrons. The Hall–Kier alpha value is -1.93. The van der Waals surface area contributed by atoms with Crippen molar-refractivity contribution >= 4 is 23.1 Å². The van der Waals surface area contributed by atoms with Crippen molar-refractivity contribution in [3.8, 4) is 5.75 Å². The molecule has 0 aliphatic rings. The summed E-state index contributed by atoms with van der Waals surface area (Å²) in [7, 11) is 0. The van der Waals surface area contributed by atoms with Crippen LogP contribution >= 0.6 is 23.1 Å². The third kappa shape index (κ3) is 4.05. The lowest BCUT2D eigenvalue weighted by molar-refractivity contribution is 0.305. The highest BCUT2D eigenvalue weighted by molar-refractivity contribution is 7.98. The van der Waals surface area contributed by atoms with Gasteiger partial charge in [-0.1, -0.05) is 11.8 Å². The van der Waals surface area contributed by atoms with Crippen LogP contribution in [0.25, 0.3) is 0 Å². The molecule has 0 bridgehead atoms. The highest BCUT2D eigenvalue weighted by atomic mass is 32.2. The molecule has 0 fully saturated rings.